The maximum absolute atomic E-state index is 5.89. The Morgan fingerprint density at radius 1 is 1.11 bits per heavy atom. The Kier molecular flexibility index (Phi) is 3.84. The van der Waals surface area contributed by atoms with Gasteiger partial charge in [0.25, 0.3) is 0 Å². The number of hydrogen-bond donors (Lipinski definition) is 1. The molecule has 1 fully saturated rings. The fourth-order valence-electron chi connectivity index (χ4n) is 3.13. The van der Waals surface area contributed by atoms with Gasteiger partial charge in [0.05, 0.1) is 6.61 Å². The van der Waals surface area contributed by atoms with E-state index in [1.54, 1.807) is 0 Å². The van der Waals surface area contributed by atoms with Crippen molar-refractivity contribution in [3.8, 4) is 5.75 Å². The molecule has 18 heavy (non-hydrogen) atoms. The maximum Gasteiger partial charge on any atom is 0.119 e. The molecule has 0 bridgehead atoms. The van der Waals surface area contributed by atoms with Crippen molar-refractivity contribution in [1.82, 2.24) is 5.32 Å². The number of piperidine rings is 1. The van der Waals surface area contributed by atoms with E-state index in [1.807, 2.05) is 0 Å². The summed E-state index contributed by atoms with van der Waals surface area (Å²) in [6, 6.07) is 7.30. The molecule has 3 rings (SSSR count). The minimum atomic E-state index is 0.674. The molecule has 2 heteroatoms. The Bertz CT molecular complexity index is 396. The van der Waals surface area contributed by atoms with Gasteiger partial charge in [0.2, 0.25) is 0 Å². The summed E-state index contributed by atoms with van der Waals surface area (Å²) in [4.78, 5) is 0. The van der Waals surface area contributed by atoms with Gasteiger partial charge in [-0.2, -0.15) is 0 Å². The number of ether oxygens (including phenoxy) is 1. The molecule has 0 amide bonds. The lowest BCUT2D eigenvalue weighted by Crippen LogP contribution is -2.35. The fraction of sp³-hybridized carbons (Fsp3) is 0.625. The van der Waals surface area contributed by atoms with Gasteiger partial charge >= 0.3 is 0 Å². The standard InChI is InChI=1S/C16H23NO/c1-2-10-17-15(6-1)9-11-18-16-8-7-13-4-3-5-14(13)12-16/h7-8,12,15,17H,1-6,9-11H2. The van der Waals surface area contributed by atoms with Crippen LogP contribution in [-0.4, -0.2) is 19.2 Å². The molecule has 0 saturated carbocycles. The Hall–Kier alpha value is -1.02. The first kappa shape index (κ1) is 12.0. The lowest BCUT2D eigenvalue weighted by atomic mass is 10.0. The third-order valence-electron chi connectivity index (χ3n) is 4.22. The van der Waals surface area contributed by atoms with Crippen molar-refractivity contribution in [3.05, 3.63) is 29.3 Å². The third-order valence-corrected chi connectivity index (χ3v) is 4.22. The summed E-state index contributed by atoms with van der Waals surface area (Å²) in [5.41, 5.74) is 3.03. The summed E-state index contributed by atoms with van der Waals surface area (Å²) in [7, 11) is 0. The molecule has 1 aromatic rings. The molecule has 0 aromatic heterocycles. The molecule has 1 aromatic carbocycles. The van der Waals surface area contributed by atoms with Crippen molar-refractivity contribution >= 4 is 0 Å². The van der Waals surface area contributed by atoms with Gasteiger partial charge < -0.3 is 10.1 Å². The number of hydrogen-bond acceptors (Lipinski definition) is 2. The van der Waals surface area contributed by atoms with Gasteiger partial charge in [-0.1, -0.05) is 12.5 Å². The van der Waals surface area contributed by atoms with Gasteiger partial charge in [0, 0.05) is 6.04 Å². The highest BCUT2D eigenvalue weighted by atomic mass is 16.5. The highest BCUT2D eigenvalue weighted by Crippen LogP contribution is 2.26. The second kappa shape index (κ2) is 5.75. The Balaban J connectivity index is 1.48. The summed E-state index contributed by atoms with van der Waals surface area (Å²) in [5, 5.41) is 3.57. The monoisotopic (exact) mass is 245 g/mol. The predicted molar refractivity (Wildman–Crippen MR) is 74.2 cm³/mol. The molecule has 0 spiro atoms. The molecule has 1 unspecified atom stereocenters. The van der Waals surface area contributed by atoms with Crippen molar-refractivity contribution in [1.29, 1.82) is 0 Å². The topological polar surface area (TPSA) is 21.3 Å². The van der Waals surface area contributed by atoms with Crippen LogP contribution in [-0.2, 0) is 12.8 Å². The minimum Gasteiger partial charge on any atom is -0.494 e. The van der Waals surface area contributed by atoms with Crippen LogP contribution in [0.2, 0.25) is 0 Å². The summed E-state index contributed by atoms with van der Waals surface area (Å²) in [5.74, 6) is 1.06. The zero-order valence-electron chi connectivity index (χ0n) is 11.1. The summed E-state index contributed by atoms with van der Waals surface area (Å²) in [6.45, 7) is 2.03. The summed E-state index contributed by atoms with van der Waals surface area (Å²) < 4.78 is 5.89. The van der Waals surface area contributed by atoms with Crippen molar-refractivity contribution in [2.24, 2.45) is 0 Å². The van der Waals surface area contributed by atoms with Gasteiger partial charge in [-0.05, 0) is 68.3 Å². The SMILES string of the molecule is c1cc2c(cc1OCCC1CCCCN1)CCC2. The molecule has 2 nitrogen and oxygen atoms in total. The Morgan fingerprint density at radius 2 is 2.06 bits per heavy atom. The van der Waals surface area contributed by atoms with Crippen molar-refractivity contribution in [2.45, 2.75) is 51.0 Å². The van der Waals surface area contributed by atoms with Gasteiger partial charge in [0.1, 0.15) is 5.75 Å². The van der Waals surface area contributed by atoms with E-state index in [9.17, 15) is 0 Å². The van der Waals surface area contributed by atoms with Crippen LogP contribution in [0.5, 0.6) is 5.75 Å². The first-order valence-corrected chi connectivity index (χ1v) is 7.40. The van der Waals surface area contributed by atoms with Gasteiger partial charge in [0.15, 0.2) is 0 Å². The fourth-order valence-corrected chi connectivity index (χ4v) is 3.13. The molecule has 1 aliphatic carbocycles. The number of rotatable bonds is 4. The molecule has 0 radical (unpaired) electrons. The molecule has 1 N–H and O–H groups in total. The largest absolute Gasteiger partial charge is 0.494 e. The van der Waals surface area contributed by atoms with E-state index in [0.29, 0.717) is 6.04 Å². The van der Waals surface area contributed by atoms with E-state index in [-0.39, 0.29) is 0 Å². The van der Waals surface area contributed by atoms with Crippen molar-refractivity contribution in [3.63, 3.8) is 0 Å². The van der Waals surface area contributed by atoms with Gasteiger partial charge in [-0.25, -0.2) is 0 Å². The molecular formula is C16H23NO. The zero-order chi connectivity index (χ0) is 12.2. The van der Waals surface area contributed by atoms with E-state index in [2.05, 4.69) is 23.5 Å². The molecule has 1 aliphatic heterocycles. The van der Waals surface area contributed by atoms with Crippen LogP contribution < -0.4 is 10.1 Å². The third kappa shape index (κ3) is 2.86. The van der Waals surface area contributed by atoms with Crippen molar-refractivity contribution in [2.75, 3.05) is 13.2 Å². The first-order valence-electron chi connectivity index (χ1n) is 7.40. The van der Waals surface area contributed by atoms with E-state index in [1.165, 1.54) is 56.2 Å². The molecule has 1 atom stereocenters. The number of fused-ring (bicyclic) bond motifs is 1. The van der Waals surface area contributed by atoms with E-state index >= 15 is 0 Å². The molecule has 98 valence electrons. The lowest BCUT2D eigenvalue weighted by molar-refractivity contribution is 0.268. The number of benzene rings is 1. The normalized spacial score (nSPS) is 22.8. The van der Waals surface area contributed by atoms with Crippen LogP contribution in [0.1, 0.15) is 43.2 Å². The van der Waals surface area contributed by atoms with E-state index < -0.39 is 0 Å². The van der Waals surface area contributed by atoms with E-state index in [4.69, 9.17) is 4.74 Å². The van der Waals surface area contributed by atoms with E-state index in [0.717, 1.165) is 18.8 Å². The Labute approximate surface area is 110 Å². The number of nitrogens with one attached hydrogen (secondary N) is 1. The smallest absolute Gasteiger partial charge is 0.119 e. The van der Waals surface area contributed by atoms with Crippen LogP contribution in [0.3, 0.4) is 0 Å². The van der Waals surface area contributed by atoms with Crippen LogP contribution in [0.15, 0.2) is 18.2 Å². The minimum absolute atomic E-state index is 0.674. The summed E-state index contributed by atoms with van der Waals surface area (Å²) in [6.07, 6.45) is 8.95. The van der Waals surface area contributed by atoms with Gasteiger partial charge in [-0.15, -0.1) is 0 Å². The van der Waals surface area contributed by atoms with Gasteiger partial charge in [-0.3, -0.25) is 0 Å². The lowest BCUT2D eigenvalue weighted by Gasteiger charge is -2.23. The van der Waals surface area contributed by atoms with Crippen LogP contribution in [0.25, 0.3) is 0 Å². The molecular weight excluding hydrogens is 222 g/mol. The second-order valence-electron chi connectivity index (χ2n) is 5.57. The Morgan fingerprint density at radius 3 is 2.94 bits per heavy atom. The second-order valence-corrected chi connectivity index (χ2v) is 5.57. The molecule has 1 heterocycles. The average molecular weight is 245 g/mol. The predicted octanol–water partition coefficient (Wildman–Crippen LogP) is 3.09. The molecule has 2 aliphatic rings. The first-order chi connectivity index (χ1) is 8.92. The van der Waals surface area contributed by atoms with Crippen LogP contribution in [0, 0.1) is 0 Å². The molecule has 1 saturated heterocycles. The number of aryl methyl sites for hydroxylation is 2. The summed E-state index contributed by atoms with van der Waals surface area (Å²) >= 11 is 0. The highest BCUT2D eigenvalue weighted by Gasteiger charge is 2.13. The van der Waals surface area contributed by atoms with Crippen molar-refractivity contribution < 1.29 is 4.74 Å². The van der Waals surface area contributed by atoms with Crippen LogP contribution in [0.4, 0.5) is 0 Å². The average Bonchev–Trinajstić information content (AvgIpc) is 2.87. The van der Waals surface area contributed by atoms with Crippen LogP contribution >= 0.6 is 0 Å². The highest BCUT2D eigenvalue weighted by molar-refractivity contribution is 5.38. The maximum atomic E-state index is 5.89. The quantitative estimate of drug-likeness (QED) is 0.880. The zero-order valence-corrected chi connectivity index (χ0v) is 11.1.